The van der Waals surface area contributed by atoms with Crippen molar-refractivity contribution in [3.05, 3.63) is 35.9 Å². The average molecular weight is 371 g/mol. The fourth-order valence-electron chi connectivity index (χ4n) is 1.37. The third-order valence-corrected chi connectivity index (χ3v) is 2.68. The van der Waals surface area contributed by atoms with Crippen LogP contribution in [0.5, 0.6) is 0 Å². The lowest BCUT2D eigenvalue weighted by Gasteiger charge is -2.16. The highest BCUT2D eigenvalue weighted by Crippen LogP contribution is 2.25. The van der Waals surface area contributed by atoms with Gasteiger partial charge in [-0.3, -0.25) is 0 Å². The average Bonchev–Trinajstić information content (AvgIpc) is 2.44. The van der Waals surface area contributed by atoms with E-state index in [4.69, 9.17) is 44.6 Å². The number of hydrogen-bond acceptors (Lipinski definition) is 4. The molecule has 6 nitrogen and oxygen atoms in total. The predicted octanol–water partition coefficient (Wildman–Crippen LogP) is 2.75. The molecule has 22 heavy (non-hydrogen) atoms. The van der Waals surface area contributed by atoms with Crippen molar-refractivity contribution in [2.24, 2.45) is 0 Å². The summed E-state index contributed by atoms with van der Waals surface area (Å²) in [7, 11) is 0. The molecule has 0 aliphatic carbocycles. The van der Waals surface area contributed by atoms with Crippen molar-refractivity contribution in [2.45, 2.75) is 16.4 Å². The van der Waals surface area contributed by atoms with Gasteiger partial charge < -0.3 is 19.9 Å². The largest absolute Gasteiger partial charge is 0.480 e. The van der Waals surface area contributed by atoms with Crippen LogP contribution in [0.3, 0.4) is 0 Å². The summed E-state index contributed by atoms with van der Waals surface area (Å²) in [5.74, 6) is -1.26. The fourth-order valence-corrected chi connectivity index (χ4v) is 1.54. The Morgan fingerprint density at radius 1 is 1.23 bits per heavy atom. The lowest BCUT2D eigenvalue weighted by atomic mass is 10.2. The zero-order valence-electron chi connectivity index (χ0n) is 11.3. The van der Waals surface area contributed by atoms with Crippen molar-refractivity contribution in [1.29, 1.82) is 0 Å². The summed E-state index contributed by atoms with van der Waals surface area (Å²) in [5, 5.41) is 11.1. The first-order valence-electron chi connectivity index (χ1n) is 6.12. The van der Waals surface area contributed by atoms with E-state index < -0.39 is 28.5 Å². The topological polar surface area (TPSA) is 84.9 Å². The first-order valence-corrected chi connectivity index (χ1v) is 7.26. The van der Waals surface area contributed by atoms with Crippen molar-refractivity contribution < 1.29 is 24.2 Å². The van der Waals surface area contributed by atoms with Gasteiger partial charge in [0.25, 0.3) is 0 Å². The first kappa shape index (κ1) is 18.8. The van der Waals surface area contributed by atoms with Crippen LogP contribution in [-0.2, 0) is 20.9 Å². The molecule has 1 aromatic carbocycles. The van der Waals surface area contributed by atoms with E-state index in [-0.39, 0.29) is 13.2 Å². The maximum absolute atomic E-state index is 11.4. The molecule has 0 spiro atoms. The number of aliphatic carboxylic acids is 1. The van der Waals surface area contributed by atoms with Crippen molar-refractivity contribution in [3.8, 4) is 0 Å². The zero-order valence-corrected chi connectivity index (χ0v) is 13.6. The Morgan fingerprint density at radius 3 is 2.41 bits per heavy atom. The Kier molecular flexibility index (Phi) is 7.75. The summed E-state index contributed by atoms with van der Waals surface area (Å²) in [5.41, 5.74) is 0.880. The van der Waals surface area contributed by atoms with E-state index >= 15 is 0 Å². The minimum atomic E-state index is -1.76. The molecule has 0 saturated heterocycles. The van der Waals surface area contributed by atoms with E-state index in [0.29, 0.717) is 0 Å². The molecular weight excluding hydrogens is 357 g/mol. The van der Waals surface area contributed by atoms with Gasteiger partial charge in [0.2, 0.25) is 3.79 Å². The number of benzene rings is 1. The molecule has 0 aromatic heterocycles. The third kappa shape index (κ3) is 8.29. The molecule has 1 amide bonds. The van der Waals surface area contributed by atoms with Gasteiger partial charge in [-0.05, 0) is 5.56 Å². The molecule has 122 valence electrons. The summed E-state index contributed by atoms with van der Waals surface area (Å²) in [6.07, 6.45) is -1.01. The molecule has 2 N–H and O–H groups in total. The number of carbonyl (C=O) groups is 2. The first-order chi connectivity index (χ1) is 10.3. The van der Waals surface area contributed by atoms with Crippen molar-refractivity contribution >= 4 is 46.9 Å². The summed E-state index contributed by atoms with van der Waals surface area (Å²) in [6, 6.07) is 7.91. The lowest BCUT2D eigenvalue weighted by Crippen LogP contribution is -2.44. The highest BCUT2D eigenvalue weighted by atomic mass is 35.6. The number of carboxylic acid groups (broad SMARTS) is 1. The van der Waals surface area contributed by atoms with Gasteiger partial charge in [-0.1, -0.05) is 65.1 Å². The Balaban J connectivity index is 2.38. The molecule has 0 heterocycles. The van der Waals surface area contributed by atoms with Crippen molar-refractivity contribution in [3.63, 3.8) is 0 Å². The van der Waals surface area contributed by atoms with E-state index in [1.807, 2.05) is 30.3 Å². The van der Waals surface area contributed by atoms with Gasteiger partial charge in [0.05, 0.1) is 13.2 Å². The van der Waals surface area contributed by atoms with Crippen LogP contribution in [-0.4, -0.2) is 40.2 Å². The number of hydrogen-bond donors (Lipinski definition) is 2. The molecule has 0 aliphatic rings. The number of alkyl carbamates (subject to hydrolysis) is 1. The molecule has 0 bridgehead atoms. The van der Waals surface area contributed by atoms with Crippen LogP contribution in [0.25, 0.3) is 0 Å². The molecule has 9 heteroatoms. The quantitative estimate of drug-likeness (QED) is 0.721. The Bertz CT molecular complexity index is 492. The monoisotopic (exact) mass is 369 g/mol. The van der Waals surface area contributed by atoms with E-state index in [0.717, 1.165) is 5.56 Å². The van der Waals surface area contributed by atoms with E-state index in [9.17, 15) is 9.59 Å². The highest BCUT2D eigenvalue weighted by molar-refractivity contribution is 6.67. The highest BCUT2D eigenvalue weighted by Gasteiger charge is 2.25. The smallest absolute Gasteiger partial charge is 0.408 e. The molecule has 1 atom stereocenters. The molecule has 0 radical (unpaired) electrons. The normalized spacial score (nSPS) is 12.5. The summed E-state index contributed by atoms with van der Waals surface area (Å²) in [4.78, 5) is 22.5. The van der Waals surface area contributed by atoms with Gasteiger partial charge in [0, 0.05) is 0 Å². The number of carboxylic acids is 1. The number of halogens is 3. The molecule has 0 unspecified atom stereocenters. The summed E-state index contributed by atoms with van der Waals surface area (Å²) in [6.45, 7) is -0.511. The summed E-state index contributed by atoms with van der Waals surface area (Å²) >= 11 is 16.2. The number of ether oxygens (including phenoxy) is 2. The second-order valence-corrected chi connectivity index (χ2v) is 6.74. The molecular formula is C13H14Cl3NO5. The van der Waals surface area contributed by atoms with Crippen LogP contribution >= 0.6 is 34.8 Å². The van der Waals surface area contributed by atoms with E-state index in [1.165, 1.54) is 0 Å². The molecule has 1 aromatic rings. The van der Waals surface area contributed by atoms with Crippen LogP contribution in [0, 0.1) is 0 Å². The van der Waals surface area contributed by atoms with Crippen LogP contribution in [0.15, 0.2) is 30.3 Å². The number of amides is 1. The fraction of sp³-hybridized carbons (Fsp3) is 0.385. The maximum atomic E-state index is 11.4. The lowest BCUT2D eigenvalue weighted by molar-refractivity contribution is -0.141. The SMILES string of the molecule is O=C(N[C@@H](COCc1ccccc1)C(=O)O)OCC(Cl)(Cl)Cl. The minimum absolute atomic E-state index is 0.218. The maximum Gasteiger partial charge on any atom is 0.408 e. The zero-order chi connectivity index (χ0) is 16.6. The predicted molar refractivity (Wildman–Crippen MR) is 82.3 cm³/mol. The number of rotatable bonds is 7. The van der Waals surface area contributed by atoms with Crippen LogP contribution in [0.4, 0.5) is 4.79 Å². The molecule has 0 saturated carbocycles. The Labute approximate surface area is 142 Å². The van der Waals surface area contributed by atoms with Crippen LogP contribution in [0.2, 0.25) is 0 Å². The second-order valence-electron chi connectivity index (χ2n) is 4.23. The number of alkyl halides is 3. The molecule has 0 aliphatic heterocycles. The third-order valence-electron chi connectivity index (χ3n) is 2.35. The molecule has 0 fully saturated rings. The second kappa shape index (κ2) is 9.05. The van der Waals surface area contributed by atoms with Gasteiger partial charge in [0.15, 0.2) is 6.04 Å². The standard InChI is InChI=1S/C13H14Cl3NO5/c14-13(15,16)8-22-12(20)17-10(11(18)19)7-21-6-9-4-2-1-3-5-9/h1-5,10H,6-8H2,(H,17,20)(H,18,19)/t10-/m0/s1. The number of carbonyl (C=O) groups excluding carboxylic acids is 1. The Morgan fingerprint density at radius 2 is 1.86 bits per heavy atom. The van der Waals surface area contributed by atoms with Gasteiger partial charge in [-0.2, -0.15) is 0 Å². The van der Waals surface area contributed by atoms with Crippen LogP contribution in [0.1, 0.15) is 5.56 Å². The number of nitrogens with one attached hydrogen (secondary N) is 1. The van der Waals surface area contributed by atoms with Crippen LogP contribution < -0.4 is 5.32 Å². The minimum Gasteiger partial charge on any atom is -0.480 e. The molecule has 1 rings (SSSR count). The van der Waals surface area contributed by atoms with Gasteiger partial charge >= 0.3 is 12.1 Å². The van der Waals surface area contributed by atoms with Crippen molar-refractivity contribution in [1.82, 2.24) is 5.32 Å². The summed E-state index contributed by atoms with van der Waals surface area (Å²) < 4.78 is 8.08. The van der Waals surface area contributed by atoms with Crippen molar-refractivity contribution in [2.75, 3.05) is 13.2 Å². The van der Waals surface area contributed by atoms with Gasteiger partial charge in [-0.25, -0.2) is 9.59 Å². The van der Waals surface area contributed by atoms with Gasteiger partial charge in [0.1, 0.15) is 6.61 Å². The van der Waals surface area contributed by atoms with E-state index in [1.54, 1.807) is 0 Å². The van der Waals surface area contributed by atoms with E-state index in [2.05, 4.69) is 10.1 Å². The Hall–Kier alpha value is -1.21. The van der Waals surface area contributed by atoms with Gasteiger partial charge in [-0.15, -0.1) is 0 Å².